The lowest BCUT2D eigenvalue weighted by atomic mass is 9.99. The minimum atomic E-state index is -4.56. The molecule has 16 heteroatoms. The molecule has 0 unspecified atom stereocenters. The van der Waals surface area contributed by atoms with Gasteiger partial charge in [0.05, 0.1) is 28.6 Å². The van der Waals surface area contributed by atoms with E-state index in [9.17, 15) is 23.3 Å². The van der Waals surface area contributed by atoms with Gasteiger partial charge in [-0.15, -0.1) is 0 Å². The molecule has 320 valence electrons. The van der Waals surface area contributed by atoms with Crippen LogP contribution in [-0.4, -0.2) is 99.6 Å². The number of anilines is 2. The van der Waals surface area contributed by atoms with Crippen LogP contribution < -0.4 is 19.7 Å². The monoisotopic (exact) mass is 875 g/mol. The van der Waals surface area contributed by atoms with Gasteiger partial charge >= 0.3 is 0 Å². The molecule has 2 saturated heterocycles. The van der Waals surface area contributed by atoms with Crippen molar-refractivity contribution in [1.29, 1.82) is 0 Å². The van der Waals surface area contributed by atoms with Gasteiger partial charge in [0.1, 0.15) is 17.2 Å². The molecule has 3 heterocycles. The lowest BCUT2D eigenvalue weighted by molar-refractivity contribution is -0.384. The second kappa shape index (κ2) is 19.3. The third-order valence-corrected chi connectivity index (χ3v) is 12.8. The molecule has 2 aliphatic heterocycles. The fraction of sp³-hybridized carbons (Fsp3) is 0.261. The van der Waals surface area contributed by atoms with E-state index in [-0.39, 0.29) is 17.0 Å². The maximum atomic E-state index is 13.9. The topological polar surface area (TPSA) is 159 Å². The van der Waals surface area contributed by atoms with Crippen molar-refractivity contribution in [3.05, 3.63) is 148 Å². The van der Waals surface area contributed by atoms with E-state index in [2.05, 4.69) is 47.9 Å². The van der Waals surface area contributed by atoms with E-state index in [0.29, 0.717) is 50.2 Å². The Morgan fingerprint density at radius 3 is 2.45 bits per heavy atom. The van der Waals surface area contributed by atoms with Crippen molar-refractivity contribution >= 4 is 55.4 Å². The molecule has 5 aromatic carbocycles. The predicted octanol–water partition coefficient (Wildman–Crippen LogP) is 7.83. The normalized spacial score (nSPS) is 15.0. The fourth-order valence-electron chi connectivity index (χ4n) is 7.79. The number of hydrogen-bond donors (Lipinski definition) is 2. The Labute approximate surface area is 365 Å². The number of benzene rings is 5. The van der Waals surface area contributed by atoms with Gasteiger partial charge in [-0.05, 0) is 83.6 Å². The van der Waals surface area contributed by atoms with Crippen molar-refractivity contribution in [3.63, 3.8) is 0 Å². The van der Waals surface area contributed by atoms with Gasteiger partial charge in [-0.25, -0.2) is 13.1 Å². The van der Waals surface area contributed by atoms with E-state index in [0.717, 1.165) is 78.4 Å². The quantitative estimate of drug-likeness (QED) is 0.0586. The van der Waals surface area contributed by atoms with Gasteiger partial charge in [0.15, 0.2) is 0 Å². The van der Waals surface area contributed by atoms with Gasteiger partial charge in [0, 0.05) is 93.0 Å². The summed E-state index contributed by atoms with van der Waals surface area (Å²) in [7, 11) is -4.56. The van der Waals surface area contributed by atoms with Crippen molar-refractivity contribution in [2.75, 3.05) is 75.8 Å². The van der Waals surface area contributed by atoms with Gasteiger partial charge in [-0.2, -0.15) is 0 Å². The number of carbonyl (C=O) groups is 1. The third kappa shape index (κ3) is 10.2. The number of nitro benzene ring substituents is 1. The molecule has 14 nitrogen and oxygen atoms in total. The molecule has 0 atom stereocenters. The van der Waals surface area contributed by atoms with Crippen LogP contribution in [0.25, 0.3) is 21.9 Å². The molecule has 62 heavy (non-hydrogen) atoms. The number of ether oxygens (including phenoxy) is 2. The zero-order valence-electron chi connectivity index (χ0n) is 33.9. The molecule has 0 bridgehead atoms. The number of fused-ring (bicyclic) bond motifs is 1. The number of pyridine rings is 1. The highest BCUT2D eigenvalue weighted by Crippen LogP contribution is 2.35. The number of halogens is 1. The molecule has 0 aliphatic carbocycles. The van der Waals surface area contributed by atoms with E-state index in [1.165, 1.54) is 18.2 Å². The number of nitro groups is 1. The lowest BCUT2D eigenvalue weighted by Gasteiger charge is -2.36. The van der Waals surface area contributed by atoms with Crippen LogP contribution in [0.5, 0.6) is 11.5 Å². The van der Waals surface area contributed by atoms with E-state index >= 15 is 0 Å². The number of nitrogens with zero attached hydrogens (tertiary/aromatic N) is 5. The molecule has 2 fully saturated rings. The van der Waals surface area contributed by atoms with E-state index in [1.54, 1.807) is 36.7 Å². The van der Waals surface area contributed by atoms with Crippen LogP contribution in [0.4, 0.5) is 17.1 Å². The summed E-state index contributed by atoms with van der Waals surface area (Å²) in [6.45, 7) is 7.75. The Kier molecular flexibility index (Phi) is 13.3. The molecule has 0 saturated carbocycles. The average molecular weight is 876 g/mol. The predicted molar refractivity (Wildman–Crippen MR) is 241 cm³/mol. The maximum Gasteiger partial charge on any atom is 0.293 e. The van der Waals surface area contributed by atoms with Crippen LogP contribution >= 0.6 is 11.6 Å². The largest absolute Gasteiger partial charge is 0.456 e. The van der Waals surface area contributed by atoms with Crippen molar-refractivity contribution < 1.29 is 27.6 Å². The molecule has 2 N–H and O–H groups in total. The first-order valence-electron chi connectivity index (χ1n) is 20.5. The van der Waals surface area contributed by atoms with Crippen LogP contribution in [0.2, 0.25) is 5.02 Å². The van der Waals surface area contributed by atoms with Crippen LogP contribution in [0, 0.1) is 10.1 Å². The third-order valence-electron chi connectivity index (χ3n) is 11.1. The van der Waals surface area contributed by atoms with Crippen molar-refractivity contribution in [2.24, 2.45) is 0 Å². The smallest absolute Gasteiger partial charge is 0.293 e. The Balaban J connectivity index is 0.993. The van der Waals surface area contributed by atoms with E-state index in [4.69, 9.17) is 21.1 Å². The van der Waals surface area contributed by atoms with E-state index in [1.807, 2.05) is 42.5 Å². The average Bonchev–Trinajstić information content (AvgIpc) is 3.29. The lowest BCUT2D eigenvalue weighted by Crippen LogP contribution is -2.46. The molecule has 1 aromatic heterocycles. The number of aromatic nitrogens is 1. The number of hydrogen-bond acceptors (Lipinski definition) is 12. The minimum Gasteiger partial charge on any atom is -0.456 e. The summed E-state index contributed by atoms with van der Waals surface area (Å²) in [5.74, 6) is -0.408. The van der Waals surface area contributed by atoms with Gasteiger partial charge in [0.25, 0.3) is 21.6 Å². The summed E-state index contributed by atoms with van der Waals surface area (Å²) in [5, 5.41) is 17.6. The van der Waals surface area contributed by atoms with Gasteiger partial charge in [-0.3, -0.25) is 29.7 Å². The molecular formula is C46H46ClN7O7S. The minimum absolute atomic E-state index is 0.0394. The molecule has 0 radical (unpaired) electrons. The van der Waals surface area contributed by atoms with Crippen LogP contribution in [0.15, 0.2) is 126 Å². The molecule has 8 rings (SSSR count). The Bertz CT molecular complexity index is 2670. The summed E-state index contributed by atoms with van der Waals surface area (Å²) in [6.07, 6.45) is 4.12. The standard InChI is InChI=1S/C46H46ClN7O7S/c47-42-9-4-8-39(34-6-2-1-3-7-34)41(42)32-52-20-22-53(23-21-52)36-11-14-40(45(29-36)61-37-12-10-33-16-18-48-31-35(33)28-37)46(55)50-62(58,59)38-13-15-43(44(30-38)54(56)57)49-17-5-19-51-24-26-60-27-25-51/h1-4,6-16,18,28-31,49H,5,17,19-27,32H2,(H,50,55). The molecule has 1 amide bonds. The number of morpholine rings is 1. The highest BCUT2D eigenvalue weighted by Gasteiger charge is 2.27. The van der Waals surface area contributed by atoms with Crippen molar-refractivity contribution in [2.45, 2.75) is 17.9 Å². The highest BCUT2D eigenvalue weighted by molar-refractivity contribution is 7.90. The summed E-state index contributed by atoms with van der Waals surface area (Å²) in [5.41, 5.74) is 3.78. The highest BCUT2D eigenvalue weighted by atomic mass is 35.5. The molecule has 2 aliphatic rings. The summed E-state index contributed by atoms with van der Waals surface area (Å²) in [4.78, 5) is 36.0. The molecule has 0 spiro atoms. The zero-order chi connectivity index (χ0) is 43.1. The summed E-state index contributed by atoms with van der Waals surface area (Å²) < 4.78 is 41.3. The first kappa shape index (κ1) is 42.6. The number of carbonyl (C=O) groups excluding carboxylic acids is 1. The second-order valence-corrected chi connectivity index (χ2v) is 17.3. The van der Waals surface area contributed by atoms with Gasteiger partial charge < -0.3 is 19.7 Å². The zero-order valence-corrected chi connectivity index (χ0v) is 35.5. The van der Waals surface area contributed by atoms with Gasteiger partial charge in [0.2, 0.25) is 0 Å². The SMILES string of the molecule is O=C(NS(=O)(=O)c1ccc(NCCCN2CCOCC2)c([N+](=O)[O-])c1)c1ccc(N2CCN(Cc3c(Cl)cccc3-c3ccccc3)CC2)cc1Oc1ccc2ccncc2c1. The Morgan fingerprint density at radius 1 is 0.855 bits per heavy atom. The van der Waals surface area contributed by atoms with Crippen molar-refractivity contribution in [3.8, 4) is 22.6 Å². The summed E-state index contributed by atoms with van der Waals surface area (Å²) >= 11 is 6.76. The molecular weight excluding hydrogens is 830 g/mol. The van der Waals surface area contributed by atoms with Crippen LogP contribution in [0.3, 0.4) is 0 Å². The van der Waals surface area contributed by atoms with E-state index < -0.39 is 31.4 Å². The Morgan fingerprint density at radius 2 is 1.66 bits per heavy atom. The van der Waals surface area contributed by atoms with Crippen LogP contribution in [-0.2, 0) is 21.3 Å². The van der Waals surface area contributed by atoms with Crippen molar-refractivity contribution in [1.82, 2.24) is 19.5 Å². The summed E-state index contributed by atoms with van der Waals surface area (Å²) in [6, 6.07) is 32.1. The molecule has 6 aromatic rings. The fourth-order valence-corrected chi connectivity index (χ4v) is 9.01. The van der Waals surface area contributed by atoms with Gasteiger partial charge in [-0.1, -0.05) is 60.1 Å². The second-order valence-electron chi connectivity index (χ2n) is 15.2. The maximum absolute atomic E-state index is 13.9. The first-order chi connectivity index (χ1) is 30.1. The van der Waals surface area contributed by atoms with Crippen LogP contribution in [0.1, 0.15) is 22.3 Å². The number of piperazine rings is 1. The Hall–Kier alpha value is -6.10. The number of nitrogens with one attached hydrogen (secondary N) is 2. The number of amides is 1. The number of rotatable bonds is 15. The number of sulfonamides is 1. The first-order valence-corrected chi connectivity index (χ1v) is 22.3.